The fourth-order valence-corrected chi connectivity index (χ4v) is 2.61. The first-order valence-electron chi connectivity index (χ1n) is 7.34. The van der Waals surface area contributed by atoms with E-state index in [9.17, 15) is 4.79 Å². The molecular weight excluding hydrogens is 226 g/mol. The van der Waals surface area contributed by atoms with E-state index in [2.05, 4.69) is 10.2 Å². The van der Waals surface area contributed by atoms with Gasteiger partial charge in [-0.1, -0.05) is 6.92 Å². The fourth-order valence-electron chi connectivity index (χ4n) is 2.61. The van der Waals surface area contributed by atoms with Crippen LogP contribution in [0, 0.1) is 5.41 Å². The van der Waals surface area contributed by atoms with Crippen molar-refractivity contribution in [3.8, 4) is 0 Å². The van der Waals surface area contributed by atoms with Gasteiger partial charge in [-0.25, -0.2) is 0 Å². The van der Waals surface area contributed by atoms with Gasteiger partial charge in [0.05, 0.1) is 5.41 Å². The van der Waals surface area contributed by atoms with Crippen molar-refractivity contribution in [3.63, 3.8) is 0 Å². The standard InChI is InChI=1S/C14H27N3O/c1-3-14(2,10-15)13(18)16-11-6-8-17(9-7-11)12-4-5-12/h11-12H,3-10,15H2,1-2H3,(H,16,18). The second-order valence-electron chi connectivity index (χ2n) is 6.13. The number of nitrogens with zero attached hydrogens (tertiary/aromatic N) is 1. The lowest BCUT2D eigenvalue weighted by Gasteiger charge is -2.34. The molecule has 104 valence electrons. The summed E-state index contributed by atoms with van der Waals surface area (Å²) in [4.78, 5) is 14.8. The number of nitrogens with one attached hydrogen (secondary N) is 1. The molecule has 0 spiro atoms. The molecule has 1 aliphatic carbocycles. The fraction of sp³-hybridized carbons (Fsp3) is 0.929. The zero-order valence-corrected chi connectivity index (χ0v) is 11.7. The van der Waals surface area contributed by atoms with Crippen LogP contribution in [0.3, 0.4) is 0 Å². The molecule has 0 aromatic rings. The lowest BCUT2D eigenvalue weighted by molar-refractivity contribution is -0.131. The Kier molecular flexibility index (Phi) is 4.28. The normalized spacial score (nSPS) is 25.7. The molecule has 1 heterocycles. The van der Waals surface area contributed by atoms with Gasteiger partial charge in [-0.2, -0.15) is 0 Å². The Labute approximate surface area is 110 Å². The summed E-state index contributed by atoms with van der Waals surface area (Å²) in [7, 11) is 0. The molecule has 1 unspecified atom stereocenters. The summed E-state index contributed by atoms with van der Waals surface area (Å²) in [5.41, 5.74) is 5.33. The average molecular weight is 253 g/mol. The molecule has 2 aliphatic rings. The third-order valence-corrected chi connectivity index (χ3v) is 4.71. The van der Waals surface area contributed by atoms with Gasteiger partial charge < -0.3 is 16.0 Å². The summed E-state index contributed by atoms with van der Waals surface area (Å²) in [5.74, 6) is 0.136. The number of piperidine rings is 1. The van der Waals surface area contributed by atoms with Crippen molar-refractivity contribution >= 4 is 5.91 Å². The van der Waals surface area contributed by atoms with E-state index in [1.807, 2.05) is 13.8 Å². The van der Waals surface area contributed by atoms with Crippen LogP contribution in [0.25, 0.3) is 0 Å². The summed E-state index contributed by atoms with van der Waals surface area (Å²) in [6.07, 6.45) is 5.73. The van der Waals surface area contributed by atoms with E-state index in [0.29, 0.717) is 12.6 Å². The van der Waals surface area contributed by atoms with Gasteiger partial charge in [0.2, 0.25) is 5.91 Å². The Bertz CT molecular complexity index is 289. The van der Waals surface area contributed by atoms with E-state index in [4.69, 9.17) is 5.73 Å². The van der Waals surface area contributed by atoms with Crippen molar-refractivity contribution in [2.24, 2.45) is 11.1 Å². The van der Waals surface area contributed by atoms with Crippen LogP contribution < -0.4 is 11.1 Å². The minimum absolute atomic E-state index is 0.136. The largest absolute Gasteiger partial charge is 0.353 e. The number of amides is 1. The first-order chi connectivity index (χ1) is 8.59. The monoisotopic (exact) mass is 253 g/mol. The molecule has 0 aromatic heterocycles. The second kappa shape index (κ2) is 5.57. The van der Waals surface area contributed by atoms with Gasteiger partial charge in [0.15, 0.2) is 0 Å². The molecule has 0 bridgehead atoms. The second-order valence-corrected chi connectivity index (χ2v) is 6.13. The highest BCUT2D eigenvalue weighted by Gasteiger charge is 2.34. The van der Waals surface area contributed by atoms with Crippen molar-refractivity contribution in [2.75, 3.05) is 19.6 Å². The number of likely N-dealkylation sites (tertiary alicyclic amines) is 1. The van der Waals surface area contributed by atoms with Gasteiger partial charge in [-0.3, -0.25) is 4.79 Å². The van der Waals surface area contributed by atoms with Crippen LogP contribution in [0.2, 0.25) is 0 Å². The van der Waals surface area contributed by atoms with Crippen LogP contribution in [0.5, 0.6) is 0 Å². The Morgan fingerprint density at radius 3 is 2.39 bits per heavy atom. The molecule has 18 heavy (non-hydrogen) atoms. The number of carbonyl (C=O) groups is 1. The van der Waals surface area contributed by atoms with Gasteiger partial charge in [0.25, 0.3) is 0 Å². The molecule has 0 radical (unpaired) electrons. The van der Waals surface area contributed by atoms with Crippen LogP contribution in [-0.2, 0) is 4.79 Å². The van der Waals surface area contributed by atoms with Crippen molar-refractivity contribution in [1.82, 2.24) is 10.2 Å². The van der Waals surface area contributed by atoms with Gasteiger partial charge in [-0.05, 0) is 39.0 Å². The quantitative estimate of drug-likeness (QED) is 0.771. The lowest BCUT2D eigenvalue weighted by atomic mass is 9.86. The van der Waals surface area contributed by atoms with E-state index in [1.54, 1.807) is 0 Å². The van der Waals surface area contributed by atoms with E-state index >= 15 is 0 Å². The van der Waals surface area contributed by atoms with E-state index in [0.717, 1.165) is 38.4 Å². The molecule has 3 N–H and O–H groups in total. The SMILES string of the molecule is CCC(C)(CN)C(=O)NC1CCN(C2CC2)CC1. The maximum absolute atomic E-state index is 12.2. The summed E-state index contributed by atoms with van der Waals surface area (Å²) < 4.78 is 0. The third-order valence-electron chi connectivity index (χ3n) is 4.71. The molecule has 0 aromatic carbocycles. The maximum atomic E-state index is 12.2. The highest BCUT2D eigenvalue weighted by molar-refractivity contribution is 5.82. The predicted molar refractivity (Wildman–Crippen MR) is 73.2 cm³/mol. The van der Waals surface area contributed by atoms with Crippen LogP contribution in [-0.4, -0.2) is 42.5 Å². The molecule has 4 nitrogen and oxygen atoms in total. The van der Waals surface area contributed by atoms with Crippen molar-refractivity contribution < 1.29 is 4.79 Å². The van der Waals surface area contributed by atoms with Gasteiger partial charge in [-0.15, -0.1) is 0 Å². The van der Waals surface area contributed by atoms with E-state index in [-0.39, 0.29) is 5.91 Å². The zero-order chi connectivity index (χ0) is 13.2. The van der Waals surface area contributed by atoms with Crippen molar-refractivity contribution in [3.05, 3.63) is 0 Å². The summed E-state index contributed by atoms with van der Waals surface area (Å²) in [6, 6.07) is 1.21. The van der Waals surface area contributed by atoms with Crippen LogP contribution in [0.15, 0.2) is 0 Å². The van der Waals surface area contributed by atoms with Crippen molar-refractivity contribution in [2.45, 2.75) is 58.0 Å². The third kappa shape index (κ3) is 3.04. The maximum Gasteiger partial charge on any atom is 0.227 e. The summed E-state index contributed by atoms with van der Waals surface area (Å²) in [6.45, 7) is 6.70. The van der Waals surface area contributed by atoms with Crippen molar-refractivity contribution in [1.29, 1.82) is 0 Å². The molecule has 1 amide bonds. The number of hydrogen-bond acceptors (Lipinski definition) is 3. The number of rotatable bonds is 5. The van der Waals surface area contributed by atoms with Gasteiger partial charge in [0.1, 0.15) is 0 Å². The molecule has 2 fully saturated rings. The zero-order valence-electron chi connectivity index (χ0n) is 11.7. The minimum atomic E-state index is -0.395. The number of hydrogen-bond donors (Lipinski definition) is 2. The number of nitrogens with two attached hydrogens (primary N) is 1. The topological polar surface area (TPSA) is 58.4 Å². The Hall–Kier alpha value is -0.610. The predicted octanol–water partition coefficient (Wildman–Crippen LogP) is 1.10. The van der Waals surface area contributed by atoms with E-state index < -0.39 is 5.41 Å². The molecule has 1 aliphatic heterocycles. The Morgan fingerprint density at radius 1 is 1.33 bits per heavy atom. The van der Waals surface area contributed by atoms with Gasteiger partial charge in [0, 0.05) is 31.7 Å². The minimum Gasteiger partial charge on any atom is -0.353 e. The summed E-state index contributed by atoms with van der Waals surface area (Å²) >= 11 is 0. The first kappa shape index (κ1) is 13.8. The summed E-state index contributed by atoms with van der Waals surface area (Å²) in [5, 5.41) is 3.20. The molecule has 1 saturated heterocycles. The molecule has 1 atom stereocenters. The smallest absolute Gasteiger partial charge is 0.227 e. The highest BCUT2D eigenvalue weighted by atomic mass is 16.2. The molecule has 1 saturated carbocycles. The highest BCUT2D eigenvalue weighted by Crippen LogP contribution is 2.29. The Morgan fingerprint density at radius 2 is 1.94 bits per heavy atom. The molecular formula is C14H27N3O. The van der Waals surface area contributed by atoms with Crippen LogP contribution >= 0.6 is 0 Å². The van der Waals surface area contributed by atoms with E-state index in [1.165, 1.54) is 12.8 Å². The number of carbonyl (C=O) groups excluding carboxylic acids is 1. The van der Waals surface area contributed by atoms with Gasteiger partial charge >= 0.3 is 0 Å². The molecule has 2 rings (SSSR count). The lowest BCUT2D eigenvalue weighted by Crippen LogP contribution is -2.51. The van der Waals surface area contributed by atoms with Crippen LogP contribution in [0.1, 0.15) is 46.0 Å². The van der Waals surface area contributed by atoms with Crippen LogP contribution in [0.4, 0.5) is 0 Å². The first-order valence-corrected chi connectivity index (χ1v) is 7.34. The Balaban J connectivity index is 1.78. The molecule has 4 heteroatoms. The average Bonchev–Trinajstić information content (AvgIpc) is 3.23.